The lowest BCUT2D eigenvalue weighted by molar-refractivity contribution is -0.112. The Kier molecular flexibility index (Phi) is 8.00. The fourth-order valence-corrected chi connectivity index (χ4v) is 9.00. The van der Waals surface area contributed by atoms with Crippen LogP contribution in [0.2, 0.25) is 0 Å². The van der Waals surface area contributed by atoms with E-state index in [-0.39, 0.29) is 0 Å². The predicted octanol–water partition coefficient (Wildman–Crippen LogP) is 6.66. The van der Waals surface area contributed by atoms with Crippen LogP contribution >= 0.6 is 0 Å². The third-order valence-corrected chi connectivity index (χ3v) is 10.4. The van der Waals surface area contributed by atoms with E-state index in [0.717, 1.165) is 48.6 Å². The van der Waals surface area contributed by atoms with E-state index < -0.39 is 0 Å². The van der Waals surface area contributed by atoms with Crippen molar-refractivity contribution in [1.82, 2.24) is 0 Å². The highest BCUT2D eigenvalue weighted by Gasteiger charge is 2.55. The second-order valence-corrected chi connectivity index (χ2v) is 11.6. The van der Waals surface area contributed by atoms with Crippen LogP contribution in [0, 0.1) is 40.9 Å². The molecule has 0 radical (unpaired) electrons. The molecule has 0 heterocycles. The Balaban J connectivity index is 1.66. The molecule has 4 saturated carbocycles. The minimum atomic E-state index is 0.667. The minimum Gasteiger partial charge on any atom is -0.330 e. The summed E-state index contributed by atoms with van der Waals surface area (Å²) in [5, 5.41) is 0. The molecule has 2 heteroatoms. The molecule has 29 heavy (non-hydrogen) atoms. The monoisotopic (exact) mass is 402 g/mol. The van der Waals surface area contributed by atoms with Crippen LogP contribution in [0.1, 0.15) is 116 Å². The first-order valence-corrected chi connectivity index (χ1v) is 13.7. The largest absolute Gasteiger partial charge is 0.330 e. The first-order chi connectivity index (χ1) is 14.3. The van der Waals surface area contributed by atoms with Gasteiger partial charge in [-0.05, 0) is 131 Å². The van der Waals surface area contributed by atoms with Crippen LogP contribution in [0.4, 0.5) is 0 Å². The quantitative estimate of drug-likeness (QED) is 0.521. The summed E-state index contributed by atoms with van der Waals surface area (Å²) in [6.07, 6.45) is 26.9. The van der Waals surface area contributed by atoms with Gasteiger partial charge in [-0.1, -0.05) is 38.5 Å². The van der Waals surface area contributed by atoms with E-state index >= 15 is 0 Å². The molecule has 4 rings (SSSR count). The van der Waals surface area contributed by atoms with E-state index in [9.17, 15) is 0 Å². The molecule has 0 atom stereocenters. The van der Waals surface area contributed by atoms with Gasteiger partial charge in [0.2, 0.25) is 0 Å². The summed E-state index contributed by atoms with van der Waals surface area (Å²) in [5.74, 6) is 5.67. The molecule has 0 bridgehead atoms. The molecule has 0 unspecified atom stereocenters. The van der Waals surface area contributed by atoms with Crippen molar-refractivity contribution in [1.29, 1.82) is 0 Å². The lowest BCUT2D eigenvalue weighted by Gasteiger charge is -2.60. The lowest BCUT2D eigenvalue weighted by atomic mass is 9.45. The van der Waals surface area contributed by atoms with E-state index in [1.165, 1.54) is 89.9 Å². The van der Waals surface area contributed by atoms with Crippen molar-refractivity contribution in [3.63, 3.8) is 0 Å². The normalized spacial score (nSPS) is 36.2. The second kappa shape index (κ2) is 10.5. The molecule has 0 spiro atoms. The van der Waals surface area contributed by atoms with Crippen molar-refractivity contribution in [2.24, 2.45) is 52.4 Å². The average Bonchev–Trinajstić information content (AvgIpc) is 2.82. The highest BCUT2D eigenvalue weighted by molar-refractivity contribution is 5.04. The zero-order valence-corrected chi connectivity index (χ0v) is 19.3. The molecule has 0 aliphatic heterocycles. The predicted molar refractivity (Wildman–Crippen MR) is 125 cm³/mol. The third kappa shape index (κ3) is 4.59. The molecule has 2 nitrogen and oxygen atoms in total. The van der Waals surface area contributed by atoms with Crippen LogP contribution in [0.15, 0.2) is 0 Å². The molecule has 0 amide bonds. The number of rotatable bonds is 6. The van der Waals surface area contributed by atoms with Crippen LogP contribution in [-0.4, -0.2) is 13.1 Å². The van der Waals surface area contributed by atoms with Crippen molar-refractivity contribution in [3.8, 4) is 0 Å². The maximum Gasteiger partial charge on any atom is -0.00489 e. The van der Waals surface area contributed by atoms with Gasteiger partial charge >= 0.3 is 0 Å². The van der Waals surface area contributed by atoms with Gasteiger partial charge in [0.1, 0.15) is 0 Å². The maximum atomic E-state index is 6.10. The molecule has 0 aromatic carbocycles. The van der Waals surface area contributed by atoms with E-state index in [1.54, 1.807) is 25.7 Å². The van der Waals surface area contributed by atoms with Gasteiger partial charge in [-0.15, -0.1) is 0 Å². The van der Waals surface area contributed by atoms with Crippen molar-refractivity contribution in [3.05, 3.63) is 0 Å². The minimum absolute atomic E-state index is 0.667. The average molecular weight is 403 g/mol. The van der Waals surface area contributed by atoms with Gasteiger partial charge in [-0.2, -0.15) is 0 Å². The Morgan fingerprint density at radius 2 is 0.724 bits per heavy atom. The summed E-state index contributed by atoms with van der Waals surface area (Å²) >= 11 is 0. The smallest absolute Gasteiger partial charge is 0.00489 e. The Morgan fingerprint density at radius 3 is 1.03 bits per heavy atom. The summed E-state index contributed by atoms with van der Waals surface area (Å²) in [6, 6.07) is 0. The van der Waals surface area contributed by atoms with E-state index in [4.69, 9.17) is 11.5 Å². The van der Waals surface area contributed by atoms with Gasteiger partial charge in [-0.25, -0.2) is 0 Å². The molecule has 4 aliphatic carbocycles. The number of nitrogens with two attached hydrogens (primary N) is 2. The van der Waals surface area contributed by atoms with Crippen molar-refractivity contribution < 1.29 is 0 Å². The molecule has 168 valence electrons. The van der Waals surface area contributed by atoms with Crippen molar-refractivity contribution >= 4 is 0 Å². The highest BCUT2D eigenvalue weighted by atomic mass is 14.6. The lowest BCUT2D eigenvalue weighted by Crippen LogP contribution is -2.53. The van der Waals surface area contributed by atoms with Crippen LogP contribution in [0.5, 0.6) is 0 Å². The molecule has 0 saturated heterocycles. The maximum absolute atomic E-state index is 6.10. The van der Waals surface area contributed by atoms with Gasteiger partial charge in [0, 0.05) is 0 Å². The summed E-state index contributed by atoms with van der Waals surface area (Å²) in [4.78, 5) is 0. The fraction of sp³-hybridized carbons (Fsp3) is 1.00. The van der Waals surface area contributed by atoms with E-state index in [2.05, 4.69) is 0 Å². The van der Waals surface area contributed by atoms with Crippen molar-refractivity contribution in [2.75, 3.05) is 13.1 Å². The third-order valence-electron chi connectivity index (χ3n) is 10.4. The fourth-order valence-electron chi connectivity index (χ4n) is 9.00. The zero-order chi connectivity index (χ0) is 20.1. The standard InChI is InChI=1S/C27H50N2/c28-19-21-11-15-25(16-12-21)27(23-7-3-1-4-8-23,24-9-5-2-6-10-24)26-17-13-22(20-29)14-18-26/h21-26H,1-20,28-29H2. The highest BCUT2D eigenvalue weighted by Crippen LogP contribution is 2.63. The van der Waals surface area contributed by atoms with Gasteiger partial charge in [0.25, 0.3) is 0 Å². The molecular formula is C27H50N2. The zero-order valence-electron chi connectivity index (χ0n) is 19.3. The van der Waals surface area contributed by atoms with Gasteiger partial charge in [-0.3, -0.25) is 0 Å². The van der Waals surface area contributed by atoms with E-state index in [1.807, 2.05) is 0 Å². The molecule has 4 fully saturated rings. The van der Waals surface area contributed by atoms with Crippen LogP contribution in [0.3, 0.4) is 0 Å². The summed E-state index contributed by atoms with van der Waals surface area (Å²) in [5.41, 5.74) is 12.9. The van der Waals surface area contributed by atoms with Crippen LogP contribution in [-0.2, 0) is 0 Å². The van der Waals surface area contributed by atoms with Gasteiger partial charge < -0.3 is 11.5 Å². The molecule has 0 aromatic rings. The van der Waals surface area contributed by atoms with E-state index in [0.29, 0.717) is 5.41 Å². The second-order valence-electron chi connectivity index (χ2n) is 11.6. The number of hydrogen-bond acceptors (Lipinski definition) is 2. The summed E-state index contributed by atoms with van der Waals surface area (Å²) in [7, 11) is 0. The Labute approximate surface area is 181 Å². The van der Waals surface area contributed by atoms with Crippen LogP contribution < -0.4 is 11.5 Å². The Bertz CT molecular complexity index is 417. The SMILES string of the molecule is NCC1CCC(C(C2CCCCC2)(C2CCCCC2)C2CCC(CN)CC2)CC1. The topological polar surface area (TPSA) is 52.0 Å². The van der Waals surface area contributed by atoms with Crippen molar-refractivity contribution in [2.45, 2.75) is 116 Å². The molecular weight excluding hydrogens is 352 g/mol. The first kappa shape index (κ1) is 22.1. The van der Waals surface area contributed by atoms with Gasteiger partial charge in [0.15, 0.2) is 0 Å². The van der Waals surface area contributed by atoms with Crippen LogP contribution in [0.25, 0.3) is 0 Å². The summed E-state index contributed by atoms with van der Waals surface area (Å²) < 4.78 is 0. The molecule has 4 aliphatic rings. The Morgan fingerprint density at radius 1 is 0.414 bits per heavy atom. The number of hydrogen-bond donors (Lipinski definition) is 2. The first-order valence-electron chi connectivity index (χ1n) is 13.7. The van der Waals surface area contributed by atoms with Gasteiger partial charge in [0.05, 0.1) is 0 Å². The molecule has 4 N–H and O–H groups in total. The Hall–Kier alpha value is -0.0800. The molecule has 0 aromatic heterocycles. The summed E-state index contributed by atoms with van der Waals surface area (Å²) in [6.45, 7) is 1.85.